The largest absolute Gasteiger partial charge is 0.475 e. The van der Waals surface area contributed by atoms with Crippen LogP contribution in [0.15, 0.2) is 32.5 Å². The van der Waals surface area contributed by atoms with E-state index in [0.29, 0.717) is 10.8 Å². The zero-order valence-electron chi connectivity index (χ0n) is 8.47. The number of oxazole rings is 1. The molecule has 0 aromatic carbocycles. The zero-order chi connectivity index (χ0) is 11.5. The first-order chi connectivity index (χ1) is 7.66. The van der Waals surface area contributed by atoms with Gasteiger partial charge in [-0.1, -0.05) is 11.8 Å². The lowest BCUT2D eigenvalue weighted by molar-refractivity contribution is 0.0656. The van der Waals surface area contributed by atoms with Crippen molar-refractivity contribution in [1.82, 2.24) is 4.98 Å². The summed E-state index contributed by atoms with van der Waals surface area (Å²) in [6.45, 7) is 1.83. The number of carboxylic acid groups (broad SMARTS) is 1. The number of carboxylic acids is 1. The number of nitrogens with zero attached hydrogens (tertiary/aromatic N) is 1. The third-order valence-corrected chi connectivity index (χ3v) is 2.91. The monoisotopic (exact) mass is 239 g/mol. The molecule has 0 radical (unpaired) electrons. The molecule has 0 aliphatic heterocycles. The normalized spacial score (nSPS) is 10.6. The van der Waals surface area contributed by atoms with Gasteiger partial charge in [-0.3, -0.25) is 0 Å². The fourth-order valence-corrected chi connectivity index (χ4v) is 1.99. The molecule has 0 aliphatic rings. The van der Waals surface area contributed by atoms with Gasteiger partial charge in [-0.25, -0.2) is 9.78 Å². The topological polar surface area (TPSA) is 76.5 Å². The van der Waals surface area contributed by atoms with Crippen molar-refractivity contribution < 1.29 is 18.7 Å². The van der Waals surface area contributed by atoms with Gasteiger partial charge in [0.2, 0.25) is 5.76 Å². The van der Waals surface area contributed by atoms with Crippen LogP contribution in [0.4, 0.5) is 0 Å². The van der Waals surface area contributed by atoms with Crippen LogP contribution in [-0.2, 0) is 5.75 Å². The molecule has 2 aromatic rings. The third kappa shape index (κ3) is 2.27. The van der Waals surface area contributed by atoms with E-state index in [2.05, 4.69) is 4.98 Å². The SMILES string of the molecule is Cc1ocnc1CSc1ccc(C(=O)O)o1. The van der Waals surface area contributed by atoms with Crippen LogP contribution in [-0.4, -0.2) is 16.1 Å². The Morgan fingerprint density at radius 2 is 2.38 bits per heavy atom. The minimum Gasteiger partial charge on any atom is -0.475 e. The molecule has 0 saturated carbocycles. The quantitative estimate of drug-likeness (QED) is 0.826. The smallest absolute Gasteiger partial charge is 0.371 e. The Labute approximate surface area is 95.5 Å². The van der Waals surface area contributed by atoms with Crippen LogP contribution in [0.3, 0.4) is 0 Å². The van der Waals surface area contributed by atoms with E-state index in [0.717, 1.165) is 11.5 Å². The summed E-state index contributed by atoms with van der Waals surface area (Å²) in [6, 6.07) is 3.06. The first-order valence-electron chi connectivity index (χ1n) is 4.51. The maximum absolute atomic E-state index is 10.6. The van der Waals surface area contributed by atoms with Crippen molar-refractivity contribution in [1.29, 1.82) is 0 Å². The van der Waals surface area contributed by atoms with E-state index in [1.54, 1.807) is 6.07 Å². The van der Waals surface area contributed by atoms with Gasteiger partial charge in [0.15, 0.2) is 11.5 Å². The van der Waals surface area contributed by atoms with Gasteiger partial charge in [-0.15, -0.1) is 0 Å². The number of aromatic nitrogens is 1. The number of aromatic carboxylic acids is 1. The Morgan fingerprint density at radius 3 is 2.94 bits per heavy atom. The standard InChI is InChI=1S/C10H9NO4S/c1-6-7(11-5-14-6)4-16-9-3-2-8(15-9)10(12)13/h2-3,5H,4H2,1H3,(H,12,13). The molecule has 0 unspecified atom stereocenters. The van der Waals surface area contributed by atoms with Gasteiger partial charge in [0.05, 0.1) is 5.69 Å². The summed E-state index contributed by atoms with van der Waals surface area (Å²) in [6.07, 6.45) is 1.38. The maximum atomic E-state index is 10.6. The maximum Gasteiger partial charge on any atom is 0.371 e. The molecule has 0 amide bonds. The fraction of sp³-hybridized carbons (Fsp3) is 0.200. The van der Waals surface area contributed by atoms with Crippen molar-refractivity contribution in [2.75, 3.05) is 0 Å². The predicted molar refractivity (Wildman–Crippen MR) is 56.5 cm³/mol. The van der Waals surface area contributed by atoms with E-state index in [1.165, 1.54) is 24.2 Å². The summed E-state index contributed by atoms with van der Waals surface area (Å²) in [5.41, 5.74) is 0.832. The molecular formula is C10H9NO4S. The van der Waals surface area contributed by atoms with Gasteiger partial charge in [-0.2, -0.15) is 0 Å². The van der Waals surface area contributed by atoms with Crippen LogP contribution in [0.2, 0.25) is 0 Å². The number of hydrogen-bond acceptors (Lipinski definition) is 5. The first-order valence-corrected chi connectivity index (χ1v) is 5.50. The summed E-state index contributed by atoms with van der Waals surface area (Å²) in [5.74, 6) is 0.232. The Hall–Kier alpha value is -1.69. The van der Waals surface area contributed by atoms with Crippen molar-refractivity contribution in [3.05, 3.63) is 35.7 Å². The van der Waals surface area contributed by atoms with E-state index in [-0.39, 0.29) is 5.76 Å². The summed E-state index contributed by atoms with van der Waals surface area (Å²) >= 11 is 1.38. The second-order valence-electron chi connectivity index (χ2n) is 3.07. The van der Waals surface area contributed by atoms with Crippen molar-refractivity contribution in [2.24, 2.45) is 0 Å². The molecule has 0 atom stereocenters. The number of thioether (sulfide) groups is 1. The lowest BCUT2D eigenvalue weighted by atomic mass is 10.4. The van der Waals surface area contributed by atoms with Gasteiger partial charge >= 0.3 is 5.97 Å². The number of rotatable bonds is 4. The first kappa shape index (κ1) is 10.8. The number of aryl methyl sites for hydroxylation is 1. The van der Waals surface area contributed by atoms with Crippen molar-refractivity contribution in [3.8, 4) is 0 Å². The molecule has 0 saturated heterocycles. The minimum atomic E-state index is -1.07. The predicted octanol–water partition coefficient (Wildman–Crippen LogP) is 2.57. The van der Waals surface area contributed by atoms with Gasteiger partial charge in [0.1, 0.15) is 5.76 Å². The molecule has 0 bridgehead atoms. The van der Waals surface area contributed by atoms with Crippen molar-refractivity contribution in [2.45, 2.75) is 17.8 Å². The number of hydrogen-bond donors (Lipinski definition) is 1. The summed E-state index contributed by atoms with van der Waals surface area (Å²) in [4.78, 5) is 14.6. The lowest BCUT2D eigenvalue weighted by Crippen LogP contribution is -1.91. The highest BCUT2D eigenvalue weighted by atomic mass is 32.2. The highest BCUT2D eigenvalue weighted by Crippen LogP contribution is 2.25. The van der Waals surface area contributed by atoms with Gasteiger partial charge in [0.25, 0.3) is 0 Å². The fourth-order valence-electron chi connectivity index (χ4n) is 1.12. The van der Waals surface area contributed by atoms with E-state index >= 15 is 0 Å². The Balaban J connectivity index is 2.00. The molecule has 84 valence electrons. The van der Waals surface area contributed by atoms with Crippen molar-refractivity contribution in [3.63, 3.8) is 0 Å². The second-order valence-corrected chi connectivity index (χ2v) is 4.05. The summed E-state index contributed by atoms with van der Waals surface area (Å²) in [5, 5.41) is 9.22. The lowest BCUT2D eigenvalue weighted by Gasteiger charge is -1.94. The Bertz CT molecular complexity index is 502. The highest BCUT2D eigenvalue weighted by Gasteiger charge is 2.10. The van der Waals surface area contributed by atoms with Crippen LogP contribution >= 0.6 is 11.8 Å². The number of carbonyl (C=O) groups is 1. The molecule has 0 aliphatic carbocycles. The van der Waals surface area contributed by atoms with Gasteiger partial charge < -0.3 is 13.9 Å². The Morgan fingerprint density at radius 1 is 1.56 bits per heavy atom. The molecular weight excluding hydrogens is 230 g/mol. The minimum absolute atomic E-state index is 0.0561. The molecule has 5 nitrogen and oxygen atoms in total. The van der Waals surface area contributed by atoms with Crippen LogP contribution in [0, 0.1) is 6.92 Å². The van der Waals surface area contributed by atoms with Crippen molar-refractivity contribution >= 4 is 17.7 Å². The van der Waals surface area contributed by atoms with E-state index in [4.69, 9.17) is 13.9 Å². The van der Waals surface area contributed by atoms with E-state index in [9.17, 15) is 4.79 Å². The Kier molecular flexibility index (Phi) is 3.00. The molecule has 2 aromatic heterocycles. The second kappa shape index (κ2) is 4.44. The summed E-state index contributed by atoms with van der Waals surface area (Å²) < 4.78 is 10.1. The van der Waals surface area contributed by atoms with E-state index < -0.39 is 5.97 Å². The molecule has 2 rings (SSSR count). The van der Waals surface area contributed by atoms with Gasteiger partial charge in [0, 0.05) is 5.75 Å². The van der Waals surface area contributed by atoms with Gasteiger partial charge in [-0.05, 0) is 19.1 Å². The van der Waals surface area contributed by atoms with E-state index in [1.807, 2.05) is 6.92 Å². The molecule has 2 heterocycles. The zero-order valence-corrected chi connectivity index (χ0v) is 9.28. The molecule has 6 heteroatoms. The average Bonchev–Trinajstić information content (AvgIpc) is 2.83. The molecule has 1 N–H and O–H groups in total. The molecule has 16 heavy (non-hydrogen) atoms. The molecule has 0 fully saturated rings. The number of furan rings is 1. The van der Waals surface area contributed by atoms with Crippen LogP contribution in [0.5, 0.6) is 0 Å². The third-order valence-electron chi connectivity index (χ3n) is 1.99. The average molecular weight is 239 g/mol. The summed E-state index contributed by atoms with van der Waals surface area (Å²) in [7, 11) is 0. The van der Waals surface area contributed by atoms with Crippen LogP contribution in [0.25, 0.3) is 0 Å². The molecule has 0 spiro atoms. The van der Waals surface area contributed by atoms with Crippen LogP contribution < -0.4 is 0 Å². The van der Waals surface area contributed by atoms with Crippen LogP contribution in [0.1, 0.15) is 22.0 Å². The highest BCUT2D eigenvalue weighted by molar-refractivity contribution is 7.98.